The summed E-state index contributed by atoms with van der Waals surface area (Å²) in [5.74, 6) is 0.212. The highest BCUT2D eigenvalue weighted by Crippen LogP contribution is 2.36. The van der Waals surface area contributed by atoms with Crippen molar-refractivity contribution in [3.63, 3.8) is 0 Å². The average Bonchev–Trinajstić information content (AvgIpc) is 3.68. The smallest absolute Gasteiger partial charge is 0.208 e. The number of para-hydroxylation sites is 2. The van der Waals surface area contributed by atoms with E-state index in [0.717, 1.165) is 12.1 Å². The molecule has 0 saturated carbocycles. The van der Waals surface area contributed by atoms with E-state index in [4.69, 9.17) is 9.47 Å². The second-order valence-corrected chi connectivity index (χ2v) is 7.89. The second-order valence-electron chi connectivity index (χ2n) is 7.89. The maximum absolute atomic E-state index is 12.9. The molecule has 0 atom stereocenters. The fourth-order valence-corrected chi connectivity index (χ4v) is 3.42. The van der Waals surface area contributed by atoms with E-state index in [1.54, 1.807) is 48.5 Å². The predicted molar refractivity (Wildman–Crippen MR) is 136 cm³/mol. The van der Waals surface area contributed by atoms with E-state index in [0.29, 0.717) is 34.3 Å². The Balaban J connectivity index is 0.000000161. The van der Waals surface area contributed by atoms with Crippen molar-refractivity contribution in [1.82, 2.24) is 41.2 Å². The number of aromatic nitrogens is 8. The first kappa shape index (κ1) is 25.7. The van der Waals surface area contributed by atoms with Gasteiger partial charge in [0.15, 0.2) is 23.0 Å². The number of tetrazole rings is 2. The Morgan fingerprint density at radius 1 is 0.550 bits per heavy atom. The zero-order valence-electron chi connectivity index (χ0n) is 20.2. The predicted octanol–water partition coefficient (Wildman–Crippen LogP) is 5.01. The summed E-state index contributed by atoms with van der Waals surface area (Å²) in [5, 5.41) is 46.5. The van der Waals surface area contributed by atoms with Crippen LogP contribution in [-0.2, 0) is 0 Å². The first-order valence-electron chi connectivity index (χ1n) is 11.5. The highest BCUT2D eigenvalue weighted by molar-refractivity contribution is 5.65. The van der Waals surface area contributed by atoms with Crippen LogP contribution in [0.1, 0.15) is 0 Å². The number of benzene rings is 4. The standard InChI is InChI=1S/2C13H9FN4O2/c2*14-8-5-6-12(10(19)7-8)20-11-4-2-1-3-9(11)13-15-17-18-16-13/h2*1-7,19H,(H,15,16,17,18). The van der Waals surface area contributed by atoms with Gasteiger partial charge in [0.1, 0.15) is 23.1 Å². The maximum Gasteiger partial charge on any atom is 0.208 e. The van der Waals surface area contributed by atoms with E-state index >= 15 is 0 Å². The van der Waals surface area contributed by atoms with Gasteiger partial charge in [-0.3, -0.25) is 0 Å². The fraction of sp³-hybridized carbons (Fsp3) is 0. The van der Waals surface area contributed by atoms with Crippen molar-refractivity contribution in [2.75, 3.05) is 0 Å². The number of hydrogen-bond acceptors (Lipinski definition) is 10. The molecule has 0 aliphatic rings. The van der Waals surface area contributed by atoms with Crippen LogP contribution < -0.4 is 9.47 Å². The SMILES string of the molecule is Oc1cc(F)ccc1Oc1ccccc1-c1nn[nH]n1.Oc1cc(F)ccc1Oc1ccccc1-c1nn[nH]n1. The van der Waals surface area contributed by atoms with Crippen LogP contribution in [0, 0.1) is 11.6 Å². The minimum atomic E-state index is -0.540. The van der Waals surface area contributed by atoms with Crippen molar-refractivity contribution >= 4 is 0 Å². The zero-order valence-corrected chi connectivity index (χ0v) is 20.2. The number of ether oxygens (including phenoxy) is 2. The molecule has 0 aliphatic carbocycles. The summed E-state index contributed by atoms with van der Waals surface area (Å²) < 4.78 is 37.0. The van der Waals surface area contributed by atoms with Crippen LogP contribution in [0.15, 0.2) is 84.9 Å². The van der Waals surface area contributed by atoms with Crippen molar-refractivity contribution in [3.8, 4) is 57.3 Å². The number of aromatic hydroxyl groups is 2. The Labute approximate surface area is 223 Å². The van der Waals surface area contributed by atoms with Crippen LogP contribution in [0.5, 0.6) is 34.5 Å². The summed E-state index contributed by atoms with van der Waals surface area (Å²) in [5.41, 5.74) is 1.20. The van der Waals surface area contributed by atoms with Crippen LogP contribution in [0.2, 0.25) is 0 Å². The van der Waals surface area contributed by atoms with E-state index < -0.39 is 11.6 Å². The van der Waals surface area contributed by atoms with Gasteiger partial charge in [0.25, 0.3) is 0 Å². The molecule has 200 valence electrons. The van der Waals surface area contributed by atoms with Crippen molar-refractivity contribution in [3.05, 3.63) is 96.6 Å². The molecule has 0 saturated heterocycles. The maximum atomic E-state index is 12.9. The molecule has 2 heterocycles. The Morgan fingerprint density at radius 2 is 0.975 bits per heavy atom. The van der Waals surface area contributed by atoms with E-state index in [-0.39, 0.29) is 23.0 Å². The number of phenols is 2. The van der Waals surface area contributed by atoms with Gasteiger partial charge in [0, 0.05) is 12.1 Å². The number of halogens is 2. The summed E-state index contributed by atoms with van der Waals surface area (Å²) in [6, 6.07) is 21.0. The molecule has 4 aromatic carbocycles. The molecule has 0 fully saturated rings. The largest absolute Gasteiger partial charge is 0.504 e. The number of hydrogen-bond donors (Lipinski definition) is 4. The molecular formula is C26H18F2N8O4. The lowest BCUT2D eigenvalue weighted by Gasteiger charge is -2.10. The molecule has 0 aliphatic heterocycles. The summed E-state index contributed by atoms with van der Waals surface area (Å²) in [4.78, 5) is 0. The highest BCUT2D eigenvalue weighted by atomic mass is 19.1. The molecule has 0 amide bonds. The third kappa shape index (κ3) is 5.96. The summed E-state index contributed by atoms with van der Waals surface area (Å²) in [6.07, 6.45) is 0. The zero-order chi connectivity index (χ0) is 27.9. The lowest BCUT2D eigenvalue weighted by atomic mass is 10.2. The van der Waals surface area contributed by atoms with Gasteiger partial charge in [-0.25, -0.2) is 8.78 Å². The molecule has 2 aromatic heterocycles. The van der Waals surface area contributed by atoms with Crippen LogP contribution in [0.3, 0.4) is 0 Å². The molecule has 0 bridgehead atoms. The van der Waals surface area contributed by atoms with Crippen molar-refractivity contribution in [1.29, 1.82) is 0 Å². The van der Waals surface area contributed by atoms with Crippen molar-refractivity contribution in [2.24, 2.45) is 0 Å². The Morgan fingerprint density at radius 3 is 1.35 bits per heavy atom. The quantitative estimate of drug-likeness (QED) is 0.224. The Hall–Kier alpha value is -5.92. The second kappa shape index (κ2) is 11.6. The molecule has 0 spiro atoms. The molecule has 0 radical (unpaired) electrons. The number of H-pyrrole nitrogens is 2. The molecule has 6 rings (SSSR count). The highest BCUT2D eigenvalue weighted by Gasteiger charge is 2.14. The van der Waals surface area contributed by atoms with Gasteiger partial charge in [0.2, 0.25) is 11.6 Å². The Bertz CT molecular complexity index is 1590. The minimum absolute atomic E-state index is 0.141. The van der Waals surface area contributed by atoms with E-state index in [2.05, 4.69) is 41.2 Å². The molecule has 4 N–H and O–H groups in total. The van der Waals surface area contributed by atoms with Crippen LogP contribution >= 0.6 is 0 Å². The number of aromatic amines is 2. The van der Waals surface area contributed by atoms with E-state index in [1.807, 2.05) is 0 Å². The van der Waals surface area contributed by atoms with E-state index in [9.17, 15) is 19.0 Å². The normalized spacial score (nSPS) is 10.4. The van der Waals surface area contributed by atoms with E-state index in [1.165, 1.54) is 24.3 Å². The molecule has 40 heavy (non-hydrogen) atoms. The Kier molecular flexibility index (Phi) is 7.48. The van der Waals surface area contributed by atoms with Crippen LogP contribution in [0.25, 0.3) is 22.8 Å². The van der Waals surface area contributed by atoms with Gasteiger partial charge < -0.3 is 19.7 Å². The van der Waals surface area contributed by atoms with Crippen molar-refractivity contribution < 1.29 is 28.5 Å². The topological polar surface area (TPSA) is 168 Å². The molecule has 6 aromatic rings. The van der Waals surface area contributed by atoms with Gasteiger partial charge in [-0.15, -0.1) is 20.4 Å². The van der Waals surface area contributed by atoms with Gasteiger partial charge >= 0.3 is 0 Å². The molecule has 14 heteroatoms. The number of nitrogens with zero attached hydrogens (tertiary/aromatic N) is 6. The first-order chi connectivity index (χ1) is 19.5. The summed E-state index contributed by atoms with van der Waals surface area (Å²) in [6.45, 7) is 0. The van der Waals surface area contributed by atoms with Crippen LogP contribution in [-0.4, -0.2) is 51.5 Å². The minimum Gasteiger partial charge on any atom is -0.504 e. The number of phenolic OH excluding ortho intramolecular Hbond substituents is 2. The monoisotopic (exact) mass is 544 g/mol. The summed E-state index contributed by atoms with van der Waals surface area (Å²) >= 11 is 0. The van der Waals surface area contributed by atoms with Crippen molar-refractivity contribution in [2.45, 2.75) is 0 Å². The average molecular weight is 544 g/mol. The van der Waals surface area contributed by atoms with Crippen LogP contribution in [0.4, 0.5) is 8.78 Å². The van der Waals surface area contributed by atoms with Gasteiger partial charge in [-0.2, -0.15) is 10.4 Å². The number of nitrogens with one attached hydrogen (secondary N) is 2. The lowest BCUT2D eigenvalue weighted by molar-refractivity contribution is 0.408. The molecule has 0 unspecified atom stereocenters. The number of rotatable bonds is 6. The third-order valence-corrected chi connectivity index (χ3v) is 5.23. The third-order valence-electron chi connectivity index (χ3n) is 5.23. The fourth-order valence-electron chi connectivity index (χ4n) is 3.42. The first-order valence-corrected chi connectivity index (χ1v) is 11.5. The molecular weight excluding hydrogens is 526 g/mol. The van der Waals surface area contributed by atoms with Gasteiger partial charge in [-0.1, -0.05) is 24.3 Å². The van der Waals surface area contributed by atoms with Gasteiger partial charge in [0.05, 0.1) is 11.1 Å². The molecule has 12 nitrogen and oxygen atoms in total. The lowest BCUT2D eigenvalue weighted by Crippen LogP contribution is -1.90. The van der Waals surface area contributed by atoms with Gasteiger partial charge in [-0.05, 0) is 59.0 Å². The summed E-state index contributed by atoms with van der Waals surface area (Å²) in [7, 11) is 0.